The second kappa shape index (κ2) is 10.3. The first-order chi connectivity index (χ1) is 18.0. The summed E-state index contributed by atoms with van der Waals surface area (Å²) in [7, 11) is 1.63. The van der Waals surface area contributed by atoms with E-state index in [1.165, 1.54) is 0 Å². The van der Waals surface area contributed by atoms with Gasteiger partial charge in [-0.1, -0.05) is 72.8 Å². The fraction of sp³-hybridized carbons (Fsp3) is 0.188. The number of ether oxygens (including phenoxy) is 3. The van der Waals surface area contributed by atoms with E-state index in [1.807, 2.05) is 84.9 Å². The van der Waals surface area contributed by atoms with Crippen molar-refractivity contribution in [2.75, 3.05) is 13.7 Å². The molecule has 0 aliphatic rings. The maximum absolute atomic E-state index is 13.5. The SMILES string of the molecule is CCOC(=O)[C@@H](OC(=O)[C@@H](C)c1ccc2cc(OC)ccc2c1)c1c2ccccc2cc2ccccc12. The van der Waals surface area contributed by atoms with Crippen LogP contribution in [0.3, 0.4) is 0 Å². The van der Waals surface area contributed by atoms with E-state index in [4.69, 9.17) is 14.2 Å². The maximum atomic E-state index is 13.5. The van der Waals surface area contributed by atoms with E-state index in [9.17, 15) is 9.59 Å². The average molecular weight is 493 g/mol. The largest absolute Gasteiger partial charge is 0.497 e. The molecule has 5 aromatic carbocycles. The molecule has 0 spiro atoms. The van der Waals surface area contributed by atoms with Gasteiger partial charge in [-0.05, 0) is 69.9 Å². The van der Waals surface area contributed by atoms with E-state index in [1.54, 1.807) is 21.0 Å². The number of hydrogen-bond donors (Lipinski definition) is 0. The van der Waals surface area contributed by atoms with E-state index >= 15 is 0 Å². The van der Waals surface area contributed by atoms with Gasteiger partial charge in [0.1, 0.15) is 5.75 Å². The van der Waals surface area contributed by atoms with Gasteiger partial charge in [0.2, 0.25) is 6.10 Å². The number of carbonyl (C=O) groups excluding carboxylic acids is 2. The summed E-state index contributed by atoms with van der Waals surface area (Å²) in [5.41, 5.74) is 1.44. The van der Waals surface area contributed by atoms with Crippen molar-refractivity contribution < 1.29 is 23.8 Å². The Kier molecular flexibility index (Phi) is 6.78. The van der Waals surface area contributed by atoms with Crippen molar-refractivity contribution in [2.45, 2.75) is 25.9 Å². The van der Waals surface area contributed by atoms with Crippen LogP contribution in [0.2, 0.25) is 0 Å². The third kappa shape index (κ3) is 4.73. The number of hydrogen-bond acceptors (Lipinski definition) is 5. The minimum absolute atomic E-state index is 0.180. The highest BCUT2D eigenvalue weighted by Crippen LogP contribution is 2.36. The molecule has 0 aromatic heterocycles. The minimum Gasteiger partial charge on any atom is -0.497 e. The molecule has 0 radical (unpaired) electrons. The average Bonchev–Trinajstić information content (AvgIpc) is 2.93. The summed E-state index contributed by atoms with van der Waals surface area (Å²) in [6.45, 7) is 3.71. The van der Waals surface area contributed by atoms with Gasteiger partial charge in [-0.3, -0.25) is 4.79 Å². The zero-order valence-corrected chi connectivity index (χ0v) is 21.1. The molecular formula is C32H28O5. The molecule has 2 atom stereocenters. The molecule has 0 N–H and O–H groups in total. The molecule has 0 fully saturated rings. The van der Waals surface area contributed by atoms with E-state index in [2.05, 4.69) is 6.07 Å². The first-order valence-electron chi connectivity index (χ1n) is 12.4. The Morgan fingerprint density at radius 3 is 2.00 bits per heavy atom. The zero-order chi connectivity index (χ0) is 25.9. The van der Waals surface area contributed by atoms with Gasteiger partial charge < -0.3 is 14.2 Å². The summed E-state index contributed by atoms with van der Waals surface area (Å²) in [5.74, 6) is -0.907. The van der Waals surface area contributed by atoms with Crippen LogP contribution in [0.15, 0.2) is 91.0 Å². The number of benzene rings is 5. The van der Waals surface area contributed by atoms with Crippen LogP contribution in [0.25, 0.3) is 32.3 Å². The van der Waals surface area contributed by atoms with Crippen LogP contribution in [0, 0.1) is 0 Å². The number of carbonyl (C=O) groups is 2. The highest BCUT2D eigenvalue weighted by atomic mass is 16.6. The number of fused-ring (bicyclic) bond motifs is 3. The molecule has 5 heteroatoms. The molecule has 0 bridgehead atoms. The van der Waals surface area contributed by atoms with Gasteiger partial charge >= 0.3 is 11.9 Å². The second-order valence-corrected chi connectivity index (χ2v) is 9.00. The molecule has 0 saturated carbocycles. The Bertz CT molecular complexity index is 1570. The first kappa shape index (κ1) is 24.3. The van der Waals surface area contributed by atoms with Gasteiger partial charge in [-0.2, -0.15) is 0 Å². The third-order valence-corrected chi connectivity index (χ3v) is 6.73. The van der Waals surface area contributed by atoms with E-state index < -0.39 is 24.0 Å². The summed E-state index contributed by atoms with van der Waals surface area (Å²) in [5, 5.41) is 5.60. The van der Waals surface area contributed by atoms with Gasteiger partial charge in [0.15, 0.2) is 0 Å². The Labute approximate surface area is 215 Å². The summed E-state index contributed by atoms with van der Waals surface area (Å²) in [6.07, 6.45) is -1.20. The molecule has 5 nitrogen and oxygen atoms in total. The predicted molar refractivity (Wildman–Crippen MR) is 146 cm³/mol. The fourth-order valence-corrected chi connectivity index (χ4v) is 4.77. The van der Waals surface area contributed by atoms with Crippen molar-refractivity contribution in [3.05, 3.63) is 102 Å². The summed E-state index contributed by atoms with van der Waals surface area (Å²) >= 11 is 0. The van der Waals surface area contributed by atoms with Gasteiger partial charge in [-0.15, -0.1) is 0 Å². The summed E-state index contributed by atoms with van der Waals surface area (Å²) in [6, 6.07) is 29.3. The first-order valence-corrected chi connectivity index (χ1v) is 12.4. The zero-order valence-electron chi connectivity index (χ0n) is 21.1. The van der Waals surface area contributed by atoms with Crippen LogP contribution in [-0.4, -0.2) is 25.7 Å². The van der Waals surface area contributed by atoms with Crippen LogP contribution >= 0.6 is 0 Å². The molecular weight excluding hydrogens is 464 g/mol. The van der Waals surface area contributed by atoms with Crippen molar-refractivity contribution in [1.29, 1.82) is 0 Å². The van der Waals surface area contributed by atoms with Gasteiger partial charge in [0.25, 0.3) is 0 Å². The molecule has 186 valence electrons. The Morgan fingerprint density at radius 1 is 0.730 bits per heavy atom. The van der Waals surface area contributed by atoms with Gasteiger partial charge in [-0.25, -0.2) is 4.79 Å². The van der Waals surface area contributed by atoms with Crippen molar-refractivity contribution >= 4 is 44.3 Å². The highest BCUT2D eigenvalue weighted by molar-refractivity contribution is 6.05. The second-order valence-electron chi connectivity index (χ2n) is 9.00. The normalized spacial score (nSPS) is 12.8. The standard InChI is InChI=1S/C32H28O5/c1-4-36-32(34)30(29-27-11-7-5-9-24(27)18-25-10-6-8-12-28(25)29)37-31(33)20(2)21-13-14-23-19-26(35-3)16-15-22(23)17-21/h5-20,30H,4H2,1-3H3/t20-,30-/m0/s1. The molecule has 0 saturated heterocycles. The van der Waals surface area contributed by atoms with E-state index in [0.29, 0.717) is 5.56 Å². The monoisotopic (exact) mass is 492 g/mol. The van der Waals surface area contributed by atoms with Crippen LogP contribution in [0.4, 0.5) is 0 Å². The molecule has 0 aliphatic carbocycles. The minimum atomic E-state index is -1.20. The van der Waals surface area contributed by atoms with E-state index in [0.717, 1.165) is 43.6 Å². The molecule has 5 rings (SSSR count). The van der Waals surface area contributed by atoms with Crippen molar-refractivity contribution in [3.63, 3.8) is 0 Å². The van der Waals surface area contributed by atoms with Crippen molar-refractivity contribution in [1.82, 2.24) is 0 Å². The fourth-order valence-electron chi connectivity index (χ4n) is 4.77. The Balaban J connectivity index is 1.55. The van der Waals surface area contributed by atoms with Crippen LogP contribution in [-0.2, 0) is 19.1 Å². The number of methoxy groups -OCH3 is 1. The maximum Gasteiger partial charge on any atom is 0.352 e. The predicted octanol–water partition coefficient (Wildman–Crippen LogP) is 7.11. The number of rotatable bonds is 7. The topological polar surface area (TPSA) is 61.8 Å². The molecule has 0 heterocycles. The quantitative estimate of drug-likeness (QED) is 0.179. The molecule has 5 aromatic rings. The smallest absolute Gasteiger partial charge is 0.352 e. The van der Waals surface area contributed by atoms with Crippen molar-refractivity contribution in [3.8, 4) is 5.75 Å². The molecule has 0 amide bonds. The lowest BCUT2D eigenvalue weighted by atomic mass is 9.93. The van der Waals surface area contributed by atoms with Crippen LogP contribution in [0.1, 0.15) is 37.0 Å². The lowest BCUT2D eigenvalue weighted by molar-refractivity contribution is -0.168. The lowest BCUT2D eigenvalue weighted by Gasteiger charge is -2.22. The Hall–Kier alpha value is -4.38. The summed E-state index contributed by atoms with van der Waals surface area (Å²) in [4.78, 5) is 26.7. The van der Waals surface area contributed by atoms with Gasteiger partial charge in [0, 0.05) is 5.56 Å². The highest BCUT2D eigenvalue weighted by Gasteiger charge is 2.32. The summed E-state index contributed by atoms with van der Waals surface area (Å²) < 4.78 is 16.7. The van der Waals surface area contributed by atoms with Crippen LogP contribution in [0.5, 0.6) is 5.75 Å². The van der Waals surface area contributed by atoms with Crippen LogP contribution < -0.4 is 4.74 Å². The molecule has 0 unspecified atom stereocenters. The van der Waals surface area contributed by atoms with Crippen molar-refractivity contribution in [2.24, 2.45) is 0 Å². The van der Waals surface area contributed by atoms with E-state index in [-0.39, 0.29) is 6.61 Å². The number of esters is 2. The Morgan fingerprint density at radius 2 is 1.35 bits per heavy atom. The lowest BCUT2D eigenvalue weighted by Crippen LogP contribution is -2.25. The van der Waals surface area contributed by atoms with Gasteiger partial charge in [0.05, 0.1) is 19.6 Å². The third-order valence-electron chi connectivity index (χ3n) is 6.73. The molecule has 37 heavy (non-hydrogen) atoms. The molecule has 0 aliphatic heterocycles.